The van der Waals surface area contributed by atoms with E-state index >= 15 is 0 Å². The first-order valence-corrected chi connectivity index (χ1v) is 20.3. The third kappa shape index (κ3) is 10.4. The van der Waals surface area contributed by atoms with Gasteiger partial charge in [0.2, 0.25) is 11.8 Å². The monoisotopic (exact) mass is 872 g/mol. The highest BCUT2D eigenvalue weighted by molar-refractivity contribution is 5.79. The van der Waals surface area contributed by atoms with Crippen LogP contribution in [0.5, 0.6) is 11.5 Å². The van der Waals surface area contributed by atoms with Gasteiger partial charge in [0, 0.05) is 25.9 Å². The molecule has 0 unspecified atom stereocenters. The summed E-state index contributed by atoms with van der Waals surface area (Å²) in [6.45, 7) is 0.912. The van der Waals surface area contributed by atoms with Gasteiger partial charge < -0.3 is 19.3 Å². The molecule has 6 aromatic carbocycles. The van der Waals surface area contributed by atoms with Gasteiger partial charge in [-0.3, -0.25) is 9.59 Å². The average Bonchev–Trinajstić information content (AvgIpc) is 3.93. The van der Waals surface area contributed by atoms with Crippen molar-refractivity contribution in [3.8, 4) is 23.6 Å². The van der Waals surface area contributed by atoms with Crippen LogP contribution in [-0.2, 0) is 9.59 Å². The van der Waals surface area contributed by atoms with Crippen LogP contribution in [0.25, 0.3) is 0 Å². The van der Waals surface area contributed by atoms with Crippen LogP contribution >= 0.6 is 0 Å². The van der Waals surface area contributed by atoms with Gasteiger partial charge >= 0.3 is 0 Å². The molecule has 2 amide bonds. The van der Waals surface area contributed by atoms with Crippen molar-refractivity contribution < 1.29 is 45.4 Å². The van der Waals surface area contributed by atoms with E-state index in [2.05, 4.69) is 0 Å². The number of ether oxygens (including phenoxy) is 2. The molecule has 0 aliphatic carbocycles. The standard InChI is InChI=1S/2C25H19F3N2O2/c2*26-19-8-5-17(6-9-19)24(30-13-1-2-23(30)31)25(18-7-12-21(27)22(28)14-18)32-20-10-3-16(15-29)4-11-20/h2*3-12,14,24-25H,1-2,13H2/t2*24-,25+/m10/s1. The molecule has 2 fully saturated rings. The van der Waals surface area contributed by atoms with E-state index in [9.17, 15) is 35.9 Å². The highest BCUT2D eigenvalue weighted by Crippen LogP contribution is 2.42. The van der Waals surface area contributed by atoms with E-state index in [0.29, 0.717) is 83.7 Å². The van der Waals surface area contributed by atoms with Gasteiger partial charge in [-0.05, 0) is 132 Å². The fraction of sp³-hybridized carbons (Fsp3) is 0.200. The lowest BCUT2D eigenvalue weighted by Crippen LogP contribution is -2.36. The fourth-order valence-electron chi connectivity index (χ4n) is 7.80. The maximum Gasteiger partial charge on any atom is 0.223 e. The minimum atomic E-state index is -1.04. The summed E-state index contributed by atoms with van der Waals surface area (Å²) < 4.78 is 95.3. The summed E-state index contributed by atoms with van der Waals surface area (Å²) in [4.78, 5) is 28.6. The smallest absolute Gasteiger partial charge is 0.223 e. The average molecular weight is 873 g/mol. The molecule has 2 aliphatic heterocycles. The molecule has 2 aliphatic rings. The van der Waals surface area contributed by atoms with Crippen LogP contribution in [0.4, 0.5) is 26.3 Å². The first-order valence-electron chi connectivity index (χ1n) is 20.3. The number of rotatable bonds is 12. The highest BCUT2D eigenvalue weighted by Gasteiger charge is 2.39. The van der Waals surface area contributed by atoms with Crippen molar-refractivity contribution in [2.45, 2.75) is 50.0 Å². The number of amides is 2. The van der Waals surface area contributed by atoms with E-state index in [0.717, 1.165) is 24.3 Å². The Morgan fingerprint density at radius 2 is 0.797 bits per heavy atom. The second-order valence-electron chi connectivity index (χ2n) is 15.1. The van der Waals surface area contributed by atoms with E-state index in [1.165, 1.54) is 36.4 Å². The molecule has 0 N–H and O–H groups in total. The van der Waals surface area contributed by atoms with Crippen LogP contribution in [0, 0.1) is 57.6 Å². The molecular weight excluding hydrogens is 835 g/mol. The zero-order valence-electron chi connectivity index (χ0n) is 33.9. The summed E-state index contributed by atoms with van der Waals surface area (Å²) in [5.41, 5.74) is 2.72. The third-order valence-electron chi connectivity index (χ3n) is 10.9. The number of halogens is 6. The zero-order chi connectivity index (χ0) is 45.3. The number of benzene rings is 6. The molecule has 0 saturated carbocycles. The Hall–Kier alpha value is -7.58. The highest BCUT2D eigenvalue weighted by atomic mass is 19.2. The molecule has 324 valence electrons. The topological polar surface area (TPSA) is 107 Å². The number of nitrogens with zero attached hydrogens (tertiary/aromatic N) is 4. The Bertz CT molecular complexity index is 2500. The molecule has 2 saturated heterocycles. The molecule has 8 nitrogen and oxygen atoms in total. The Labute approximate surface area is 365 Å². The minimum absolute atomic E-state index is 0.102. The maximum absolute atomic E-state index is 14.2. The summed E-state index contributed by atoms with van der Waals surface area (Å²) in [5, 5.41) is 18.1. The molecule has 8 rings (SSSR count). The molecule has 0 radical (unpaired) electrons. The minimum Gasteiger partial charge on any atom is -0.483 e. The van der Waals surface area contributed by atoms with E-state index in [4.69, 9.17) is 20.0 Å². The molecule has 0 spiro atoms. The number of likely N-dealkylation sites (tertiary alicyclic amines) is 2. The van der Waals surface area contributed by atoms with Gasteiger partial charge in [0.1, 0.15) is 35.3 Å². The van der Waals surface area contributed by atoms with Crippen LogP contribution in [-0.4, -0.2) is 34.7 Å². The van der Waals surface area contributed by atoms with Crippen molar-refractivity contribution in [2.75, 3.05) is 13.1 Å². The Balaban J connectivity index is 0.000000191. The predicted octanol–water partition coefficient (Wildman–Crippen LogP) is 10.9. The molecule has 4 atom stereocenters. The van der Waals surface area contributed by atoms with Crippen LogP contribution in [0.2, 0.25) is 0 Å². The van der Waals surface area contributed by atoms with E-state index < -0.39 is 59.2 Å². The summed E-state index contributed by atoms with van der Waals surface area (Å²) in [5.74, 6) is -4.37. The molecular formula is C50H38F6N4O4. The number of nitriles is 2. The lowest BCUT2D eigenvalue weighted by molar-refractivity contribution is -0.132. The van der Waals surface area contributed by atoms with E-state index in [1.807, 2.05) is 12.1 Å². The van der Waals surface area contributed by atoms with Crippen LogP contribution < -0.4 is 9.47 Å². The van der Waals surface area contributed by atoms with E-state index in [1.54, 1.807) is 82.6 Å². The first kappa shape index (κ1) is 44.5. The SMILES string of the molecule is N#Cc1ccc(O[C@@H](c2ccc(F)c(F)c2)[C@@H](c2ccc(F)cc2)N2CCCC2=O)cc1.N#Cc1ccc(O[C@H](c2ccc(F)c(F)c2)[C@H](c2ccc(F)cc2)N2CCCC2=O)cc1. The third-order valence-corrected chi connectivity index (χ3v) is 10.9. The van der Waals surface area contributed by atoms with Gasteiger partial charge in [-0.2, -0.15) is 10.5 Å². The van der Waals surface area contributed by atoms with Gasteiger partial charge in [0.05, 0.1) is 35.3 Å². The Morgan fingerprint density at radius 3 is 1.09 bits per heavy atom. The summed E-state index contributed by atoms with van der Waals surface area (Å²) >= 11 is 0. The van der Waals surface area contributed by atoms with Crippen LogP contribution in [0.3, 0.4) is 0 Å². The van der Waals surface area contributed by atoms with Gasteiger partial charge in [-0.15, -0.1) is 0 Å². The van der Waals surface area contributed by atoms with Gasteiger partial charge in [0.15, 0.2) is 23.3 Å². The normalized spacial score (nSPS) is 15.3. The number of carbonyl (C=O) groups excluding carboxylic acids is 2. The number of carbonyl (C=O) groups is 2. The summed E-state index contributed by atoms with van der Waals surface area (Å²) in [6, 6.07) is 33.6. The van der Waals surface area contributed by atoms with Crippen molar-refractivity contribution in [1.82, 2.24) is 9.80 Å². The molecule has 6 aromatic rings. The first-order chi connectivity index (χ1) is 30.9. The van der Waals surface area contributed by atoms with Crippen molar-refractivity contribution in [3.63, 3.8) is 0 Å². The second kappa shape index (κ2) is 20.1. The Kier molecular flexibility index (Phi) is 14.0. The zero-order valence-corrected chi connectivity index (χ0v) is 33.9. The molecule has 2 heterocycles. The van der Waals surface area contributed by atoms with Crippen LogP contribution in [0.15, 0.2) is 133 Å². The summed E-state index contributed by atoms with van der Waals surface area (Å²) in [7, 11) is 0. The summed E-state index contributed by atoms with van der Waals surface area (Å²) in [6.07, 6.45) is 0.199. The van der Waals surface area contributed by atoms with Crippen molar-refractivity contribution >= 4 is 11.8 Å². The van der Waals surface area contributed by atoms with Crippen LogP contribution in [0.1, 0.15) is 83.4 Å². The maximum atomic E-state index is 14.2. The van der Waals surface area contributed by atoms with Gasteiger partial charge in [-0.1, -0.05) is 36.4 Å². The molecule has 0 bridgehead atoms. The quantitative estimate of drug-likeness (QED) is 0.113. The van der Waals surface area contributed by atoms with E-state index in [-0.39, 0.29) is 11.8 Å². The predicted molar refractivity (Wildman–Crippen MR) is 222 cm³/mol. The van der Waals surface area contributed by atoms with Crippen molar-refractivity contribution in [3.05, 3.63) is 202 Å². The largest absolute Gasteiger partial charge is 0.483 e. The lowest BCUT2D eigenvalue weighted by atomic mass is 9.93. The van der Waals surface area contributed by atoms with Gasteiger partial charge in [0.25, 0.3) is 0 Å². The number of hydrogen-bond donors (Lipinski definition) is 0. The fourth-order valence-corrected chi connectivity index (χ4v) is 7.80. The van der Waals surface area contributed by atoms with Crippen molar-refractivity contribution in [2.24, 2.45) is 0 Å². The van der Waals surface area contributed by atoms with Gasteiger partial charge in [-0.25, -0.2) is 26.3 Å². The van der Waals surface area contributed by atoms with Crippen molar-refractivity contribution in [1.29, 1.82) is 10.5 Å². The second-order valence-corrected chi connectivity index (χ2v) is 15.1. The molecule has 64 heavy (non-hydrogen) atoms. The molecule has 14 heteroatoms. The Morgan fingerprint density at radius 1 is 0.453 bits per heavy atom. The number of hydrogen-bond acceptors (Lipinski definition) is 6. The molecule has 0 aromatic heterocycles. The lowest BCUT2D eigenvalue weighted by Gasteiger charge is -2.35.